The van der Waals surface area contributed by atoms with E-state index < -0.39 is 17.6 Å². The van der Waals surface area contributed by atoms with Gasteiger partial charge in [0.2, 0.25) is 0 Å². The summed E-state index contributed by atoms with van der Waals surface area (Å²) in [6, 6.07) is 2.79. The summed E-state index contributed by atoms with van der Waals surface area (Å²) in [6.45, 7) is 2.47. The zero-order valence-corrected chi connectivity index (χ0v) is 12.0. The van der Waals surface area contributed by atoms with E-state index in [1.54, 1.807) is 7.11 Å². The van der Waals surface area contributed by atoms with Gasteiger partial charge in [0, 0.05) is 7.11 Å². The van der Waals surface area contributed by atoms with Gasteiger partial charge in [-0.1, -0.05) is 13.0 Å². The minimum absolute atomic E-state index is 0.198. The third-order valence-corrected chi connectivity index (χ3v) is 3.77. The Morgan fingerprint density at radius 3 is 2.48 bits per heavy atom. The molecule has 2 atom stereocenters. The Balaban J connectivity index is 2.35. The van der Waals surface area contributed by atoms with Gasteiger partial charge in [-0.3, -0.25) is 0 Å². The Morgan fingerprint density at radius 1 is 1.33 bits per heavy atom. The molecule has 21 heavy (non-hydrogen) atoms. The second kappa shape index (κ2) is 6.32. The Morgan fingerprint density at radius 2 is 2.00 bits per heavy atom. The van der Waals surface area contributed by atoms with Crippen LogP contribution in [0.25, 0.3) is 0 Å². The SMILES string of the molecule is CCNC(c1ccc(F)c(C(F)(F)F)c1)C(OC)C1CC1. The predicted molar refractivity (Wildman–Crippen MR) is 71.3 cm³/mol. The van der Waals surface area contributed by atoms with Crippen molar-refractivity contribution in [3.8, 4) is 0 Å². The monoisotopic (exact) mass is 305 g/mol. The third-order valence-electron chi connectivity index (χ3n) is 3.77. The molecule has 6 heteroatoms. The largest absolute Gasteiger partial charge is 0.419 e. The number of ether oxygens (including phenoxy) is 1. The van der Waals surface area contributed by atoms with Gasteiger partial charge < -0.3 is 10.1 Å². The van der Waals surface area contributed by atoms with E-state index in [1.807, 2.05) is 6.92 Å². The molecule has 1 fully saturated rings. The maximum absolute atomic E-state index is 13.4. The molecule has 1 saturated carbocycles. The molecule has 2 rings (SSSR count). The van der Waals surface area contributed by atoms with Crippen molar-refractivity contribution >= 4 is 0 Å². The molecule has 0 spiro atoms. The number of likely N-dealkylation sites (N-methyl/N-ethyl adjacent to an activating group) is 1. The van der Waals surface area contributed by atoms with E-state index in [-0.39, 0.29) is 12.1 Å². The number of halogens is 4. The fourth-order valence-electron chi connectivity index (χ4n) is 2.62. The second-order valence-electron chi connectivity index (χ2n) is 5.31. The normalized spacial score (nSPS) is 18.6. The Bertz CT molecular complexity index is 485. The Labute approximate surface area is 121 Å². The van der Waals surface area contributed by atoms with Crippen LogP contribution in [-0.4, -0.2) is 19.8 Å². The van der Waals surface area contributed by atoms with Crippen molar-refractivity contribution in [2.75, 3.05) is 13.7 Å². The lowest BCUT2D eigenvalue weighted by Gasteiger charge is -2.28. The molecule has 0 heterocycles. The first-order valence-corrected chi connectivity index (χ1v) is 7.01. The average molecular weight is 305 g/mol. The first kappa shape index (κ1) is 16.2. The molecule has 0 amide bonds. The summed E-state index contributed by atoms with van der Waals surface area (Å²) in [5, 5.41) is 3.15. The molecule has 0 radical (unpaired) electrons. The van der Waals surface area contributed by atoms with Gasteiger partial charge >= 0.3 is 6.18 Å². The summed E-state index contributed by atoms with van der Waals surface area (Å²) in [5.41, 5.74) is -0.821. The molecule has 0 aliphatic heterocycles. The zero-order valence-electron chi connectivity index (χ0n) is 12.0. The maximum atomic E-state index is 13.4. The molecule has 2 unspecified atom stereocenters. The topological polar surface area (TPSA) is 21.3 Å². The van der Waals surface area contributed by atoms with Crippen LogP contribution in [0, 0.1) is 11.7 Å². The second-order valence-corrected chi connectivity index (χ2v) is 5.31. The lowest BCUT2D eigenvalue weighted by Crippen LogP contribution is -2.35. The van der Waals surface area contributed by atoms with Crippen LogP contribution in [0.15, 0.2) is 18.2 Å². The zero-order chi connectivity index (χ0) is 15.6. The molecule has 1 N–H and O–H groups in total. The molecule has 1 aromatic rings. The standard InChI is InChI=1S/C15H19F4NO/c1-3-20-13(14(21-2)9-4-5-9)10-6-7-12(16)11(8-10)15(17,18)19/h6-9,13-14,20H,3-5H2,1-2H3. The summed E-state index contributed by atoms with van der Waals surface area (Å²) in [7, 11) is 1.56. The number of nitrogens with one attached hydrogen (secondary N) is 1. The smallest absolute Gasteiger partial charge is 0.379 e. The minimum atomic E-state index is -4.70. The van der Waals surface area contributed by atoms with E-state index in [0.717, 1.165) is 25.0 Å². The molecule has 118 valence electrons. The molecule has 0 saturated heterocycles. The molecule has 0 aromatic heterocycles. The van der Waals surface area contributed by atoms with E-state index >= 15 is 0 Å². The Hall–Kier alpha value is -1.14. The van der Waals surface area contributed by atoms with Crippen LogP contribution >= 0.6 is 0 Å². The van der Waals surface area contributed by atoms with E-state index in [0.29, 0.717) is 18.0 Å². The predicted octanol–water partition coefficient (Wildman–Crippen LogP) is 3.92. The number of benzene rings is 1. The van der Waals surface area contributed by atoms with Gasteiger partial charge in [0.25, 0.3) is 0 Å². The lowest BCUT2D eigenvalue weighted by atomic mass is 9.96. The lowest BCUT2D eigenvalue weighted by molar-refractivity contribution is -0.140. The molecule has 0 bridgehead atoms. The number of methoxy groups -OCH3 is 1. The van der Waals surface area contributed by atoms with Crippen LogP contribution in [0.1, 0.15) is 36.9 Å². The van der Waals surface area contributed by atoms with E-state index in [9.17, 15) is 17.6 Å². The summed E-state index contributed by atoms with van der Waals surface area (Å²) in [5.74, 6) is -0.902. The van der Waals surface area contributed by atoms with Gasteiger partial charge in [-0.05, 0) is 43.0 Å². The van der Waals surface area contributed by atoms with Crippen molar-refractivity contribution in [2.45, 2.75) is 38.1 Å². The average Bonchev–Trinajstić information content (AvgIpc) is 3.22. The summed E-state index contributed by atoms with van der Waals surface area (Å²) >= 11 is 0. The summed E-state index contributed by atoms with van der Waals surface area (Å²) in [6.07, 6.45) is -2.88. The number of hydrogen-bond acceptors (Lipinski definition) is 2. The van der Waals surface area contributed by atoms with Crippen molar-refractivity contribution in [3.05, 3.63) is 35.1 Å². The molecule has 1 aromatic carbocycles. The first-order chi connectivity index (χ1) is 9.88. The summed E-state index contributed by atoms with van der Waals surface area (Å²) in [4.78, 5) is 0. The highest BCUT2D eigenvalue weighted by molar-refractivity contribution is 5.30. The summed E-state index contributed by atoms with van der Waals surface area (Å²) < 4.78 is 57.4. The molecule has 1 aliphatic carbocycles. The van der Waals surface area contributed by atoms with E-state index in [4.69, 9.17) is 4.74 Å². The Kier molecular flexibility index (Phi) is 4.88. The van der Waals surface area contributed by atoms with Gasteiger partial charge in [-0.25, -0.2) is 4.39 Å². The van der Waals surface area contributed by atoms with Gasteiger partial charge in [-0.15, -0.1) is 0 Å². The van der Waals surface area contributed by atoms with Crippen molar-refractivity contribution in [2.24, 2.45) is 5.92 Å². The van der Waals surface area contributed by atoms with Gasteiger partial charge in [-0.2, -0.15) is 13.2 Å². The van der Waals surface area contributed by atoms with Crippen LogP contribution in [0.2, 0.25) is 0 Å². The maximum Gasteiger partial charge on any atom is 0.419 e. The highest BCUT2D eigenvalue weighted by Crippen LogP contribution is 2.41. The number of hydrogen-bond donors (Lipinski definition) is 1. The third kappa shape index (κ3) is 3.74. The van der Waals surface area contributed by atoms with Crippen LogP contribution in [-0.2, 0) is 10.9 Å². The van der Waals surface area contributed by atoms with E-state index in [2.05, 4.69) is 5.32 Å². The number of rotatable bonds is 6. The van der Waals surface area contributed by atoms with Crippen LogP contribution in [0.3, 0.4) is 0 Å². The van der Waals surface area contributed by atoms with Crippen molar-refractivity contribution in [1.82, 2.24) is 5.32 Å². The molecular formula is C15H19F4NO. The highest BCUT2D eigenvalue weighted by Gasteiger charge is 2.39. The van der Waals surface area contributed by atoms with Gasteiger partial charge in [0.05, 0.1) is 17.7 Å². The van der Waals surface area contributed by atoms with Gasteiger partial charge in [0.15, 0.2) is 0 Å². The van der Waals surface area contributed by atoms with Crippen molar-refractivity contribution < 1.29 is 22.3 Å². The van der Waals surface area contributed by atoms with Crippen LogP contribution in [0.5, 0.6) is 0 Å². The van der Waals surface area contributed by atoms with Crippen molar-refractivity contribution in [3.63, 3.8) is 0 Å². The van der Waals surface area contributed by atoms with Crippen LogP contribution in [0.4, 0.5) is 17.6 Å². The minimum Gasteiger partial charge on any atom is -0.379 e. The molecule has 2 nitrogen and oxygen atoms in total. The van der Waals surface area contributed by atoms with Crippen molar-refractivity contribution in [1.29, 1.82) is 0 Å². The quantitative estimate of drug-likeness (QED) is 0.804. The molecular weight excluding hydrogens is 286 g/mol. The van der Waals surface area contributed by atoms with Crippen LogP contribution < -0.4 is 5.32 Å². The highest BCUT2D eigenvalue weighted by atomic mass is 19.4. The fourth-order valence-corrected chi connectivity index (χ4v) is 2.62. The number of alkyl halides is 3. The first-order valence-electron chi connectivity index (χ1n) is 7.01. The van der Waals surface area contributed by atoms with E-state index in [1.165, 1.54) is 6.07 Å². The molecule has 1 aliphatic rings. The fraction of sp³-hybridized carbons (Fsp3) is 0.600. The van der Waals surface area contributed by atoms with Gasteiger partial charge in [0.1, 0.15) is 5.82 Å².